The quantitative estimate of drug-likeness (QED) is 0.788. The van der Waals surface area contributed by atoms with E-state index in [-0.39, 0.29) is 5.54 Å². The summed E-state index contributed by atoms with van der Waals surface area (Å²) in [7, 11) is 0. The van der Waals surface area contributed by atoms with Crippen LogP contribution in [0.4, 0.5) is 0 Å². The first-order valence-electron chi connectivity index (χ1n) is 5.10. The van der Waals surface area contributed by atoms with E-state index < -0.39 is 0 Å². The first-order chi connectivity index (χ1) is 6.29. The topological polar surface area (TPSA) is 26.0 Å². The molecule has 0 radical (unpaired) electrons. The summed E-state index contributed by atoms with van der Waals surface area (Å²) >= 11 is 1.85. The highest BCUT2D eigenvalue weighted by molar-refractivity contribution is 7.09. The summed E-state index contributed by atoms with van der Waals surface area (Å²) in [6.07, 6.45) is 7.49. The van der Waals surface area contributed by atoms with Crippen molar-refractivity contribution in [2.45, 2.75) is 44.1 Å². The van der Waals surface area contributed by atoms with Crippen molar-refractivity contribution in [1.29, 1.82) is 0 Å². The second kappa shape index (κ2) is 3.81. The maximum atomic E-state index is 6.28. The molecule has 0 aromatic carbocycles. The zero-order chi connectivity index (χ0) is 9.15. The summed E-state index contributed by atoms with van der Waals surface area (Å²) in [5.74, 6) is 0. The summed E-state index contributed by atoms with van der Waals surface area (Å²) in [4.78, 5) is 1.48. The number of aryl methyl sites for hydroxylation is 1. The SMILES string of the molecule is NC1(CCc2cccs2)CCCC1. The highest BCUT2D eigenvalue weighted by Crippen LogP contribution is 2.31. The van der Waals surface area contributed by atoms with Gasteiger partial charge in [0.25, 0.3) is 0 Å². The van der Waals surface area contributed by atoms with Gasteiger partial charge in [-0.15, -0.1) is 11.3 Å². The first-order valence-corrected chi connectivity index (χ1v) is 5.98. The molecule has 0 aliphatic heterocycles. The van der Waals surface area contributed by atoms with Gasteiger partial charge in [0.1, 0.15) is 0 Å². The number of hydrogen-bond acceptors (Lipinski definition) is 2. The van der Waals surface area contributed by atoms with Gasteiger partial charge < -0.3 is 5.73 Å². The van der Waals surface area contributed by atoms with Gasteiger partial charge in [-0.25, -0.2) is 0 Å². The molecular formula is C11H17NS. The normalized spacial score (nSPS) is 20.7. The van der Waals surface area contributed by atoms with E-state index in [9.17, 15) is 0 Å². The van der Waals surface area contributed by atoms with Gasteiger partial charge in [0.2, 0.25) is 0 Å². The van der Waals surface area contributed by atoms with Crippen molar-refractivity contribution < 1.29 is 0 Å². The summed E-state index contributed by atoms with van der Waals surface area (Å²) in [5, 5.41) is 2.15. The molecule has 2 heteroatoms. The van der Waals surface area contributed by atoms with Crippen molar-refractivity contribution >= 4 is 11.3 Å². The second-order valence-corrected chi connectivity index (χ2v) is 5.18. The Labute approximate surface area is 84.0 Å². The summed E-state index contributed by atoms with van der Waals surface area (Å²) in [6.45, 7) is 0. The molecule has 1 heterocycles. The number of nitrogens with two attached hydrogens (primary N) is 1. The van der Waals surface area contributed by atoms with Crippen molar-refractivity contribution in [3.8, 4) is 0 Å². The van der Waals surface area contributed by atoms with Crippen LogP contribution in [0.3, 0.4) is 0 Å². The molecule has 1 saturated carbocycles. The Kier molecular flexibility index (Phi) is 2.70. The summed E-state index contributed by atoms with van der Waals surface area (Å²) in [5.41, 5.74) is 6.45. The molecule has 13 heavy (non-hydrogen) atoms. The van der Waals surface area contributed by atoms with Crippen LogP contribution >= 0.6 is 11.3 Å². The average molecular weight is 195 g/mol. The Balaban J connectivity index is 1.85. The molecule has 1 aliphatic carbocycles. The van der Waals surface area contributed by atoms with Gasteiger partial charge in [-0.1, -0.05) is 18.9 Å². The smallest absolute Gasteiger partial charge is 0.0157 e. The van der Waals surface area contributed by atoms with Crippen molar-refractivity contribution in [1.82, 2.24) is 0 Å². The summed E-state index contributed by atoms with van der Waals surface area (Å²) in [6, 6.07) is 4.33. The van der Waals surface area contributed by atoms with Crippen LogP contribution in [0.5, 0.6) is 0 Å². The van der Waals surface area contributed by atoms with E-state index in [1.54, 1.807) is 0 Å². The number of thiophene rings is 1. The molecule has 2 N–H and O–H groups in total. The van der Waals surface area contributed by atoms with E-state index in [1.165, 1.54) is 43.4 Å². The van der Waals surface area contributed by atoms with Gasteiger partial charge in [0.15, 0.2) is 0 Å². The van der Waals surface area contributed by atoms with Crippen molar-refractivity contribution in [3.63, 3.8) is 0 Å². The van der Waals surface area contributed by atoms with Crippen LogP contribution in [-0.4, -0.2) is 5.54 Å². The molecule has 0 spiro atoms. The molecule has 1 fully saturated rings. The van der Waals surface area contributed by atoms with Gasteiger partial charge in [-0.3, -0.25) is 0 Å². The Hall–Kier alpha value is -0.340. The molecule has 1 aromatic rings. The third-order valence-electron chi connectivity index (χ3n) is 3.05. The zero-order valence-corrected chi connectivity index (χ0v) is 8.78. The second-order valence-electron chi connectivity index (χ2n) is 4.15. The Morgan fingerprint density at radius 3 is 2.77 bits per heavy atom. The highest BCUT2D eigenvalue weighted by atomic mass is 32.1. The highest BCUT2D eigenvalue weighted by Gasteiger charge is 2.28. The average Bonchev–Trinajstić information content (AvgIpc) is 2.72. The lowest BCUT2D eigenvalue weighted by molar-refractivity contribution is 0.407. The van der Waals surface area contributed by atoms with Crippen LogP contribution in [0.25, 0.3) is 0 Å². The third kappa shape index (κ3) is 2.32. The standard InChI is InChI=1S/C11H17NS/c12-11(6-1-2-7-11)8-5-10-4-3-9-13-10/h3-4,9H,1-2,5-8,12H2. The monoisotopic (exact) mass is 195 g/mol. The Morgan fingerprint density at radius 2 is 2.15 bits per heavy atom. The molecule has 0 atom stereocenters. The predicted molar refractivity (Wildman–Crippen MR) is 58.0 cm³/mol. The lowest BCUT2D eigenvalue weighted by Gasteiger charge is -2.22. The molecule has 2 rings (SSSR count). The maximum Gasteiger partial charge on any atom is 0.0157 e. The molecule has 0 unspecified atom stereocenters. The van der Waals surface area contributed by atoms with Crippen molar-refractivity contribution in [3.05, 3.63) is 22.4 Å². The maximum absolute atomic E-state index is 6.28. The fourth-order valence-corrected chi connectivity index (χ4v) is 2.87. The lowest BCUT2D eigenvalue weighted by Crippen LogP contribution is -2.36. The molecule has 1 aliphatic rings. The minimum Gasteiger partial charge on any atom is -0.325 e. The molecule has 72 valence electrons. The fraction of sp³-hybridized carbons (Fsp3) is 0.636. The van der Waals surface area contributed by atoms with Gasteiger partial charge >= 0.3 is 0 Å². The van der Waals surface area contributed by atoms with E-state index >= 15 is 0 Å². The van der Waals surface area contributed by atoms with Crippen LogP contribution in [0.15, 0.2) is 17.5 Å². The van der Waals surface area contributed by atoms with Crippen LogP contribution in [-0.2, 0) is 6.42 Å². The van der Waals surface area contributed by atoms with Gasteiger partial charge in [-0.05, 0) is 37.1 Å². The minimum atomic E-state index is 0.171. The molecule has 1 nitrogen and oxygen atoms in total. The molecule has 0 bridgehead atoms. The largest absolute Gasteiger partial charge is 0.325 e. The Bertz CT molecular complexity index is 247. The van der Waals surface area contributed by atoms with Crippen LogP contribution in [0.1, 0.15) is 37.0 Å². The lowest BCUT2D eigenvalue weighted by atomic mass is 9.93. The predicted octanol–water partition coefficient (Wildman–Crippen LogP) is 2.95. The molecule has 1 aromatic heterocycles. The van der Waals surface area contributed by atoms with Crippen molar-refractivity contribution in [2.24, 2.45) is 5.73 Å². The number of hydrogen-bond donors (Lipinski definition) is 1. The van der Waals surface area contributed by atoms with E-state index in [0.717, 1.165) is 0 Å². The van der Waals surface area contributed by atoms with Gasteiger partial charge in [-0.2, -0.15) is 0 Å². The molecule has 0 saturated heterocycles. The van der Waals surface area contributed by atoms with Gasteiger partial charge in [0.05, 0.1) is 0 Å². The minimum absolute atomic E-state index is 0.171. The third-order valence-corrected chi connectivity index (χ3v) is 3.98. The van der Waals surface area contributed by atoms with Gasteiger partial charge in [0, 0.05) is 10.4 Å². The Morgan fingerprint density at radius 1 is 1.38 bits per heavy atom. The zero-order valence-electron chi connectivity index (χ0n) is 7.96. The van der Waals surface area contributed by atoms with Crippen molar-refractivity contribution in [2.75, 3.05) is 0 Å². The van der Waals surface area contributed by atoms with E-state index in [2.05, 4.69) is 17.5 Å². The van der Waals surface area contributed by atoms with Crippen LogP contribution in [0.2, 0.25) is 0 Å². The van der Waals surface area contributed by atoms with Crippen LogP contribution < -0.4 is 5.73 Å². The van der Waals surface area contributed by atoms with E-state index in [1.807, 2.05) is 11.3 Å². The van der Waals surface area contributed by atoms with Crippen LogP contribution in [0, 0.1) is 0 Å². The first kappa shape index (κ1) is 9.22. The molecule has 0 amide bonds. The molecular weight excluding hydrogens is 178 g/mol. The fourth-order valence-electron chi connectivity index (χ4n) is 2.16. The number of rotatable bonds is 3. The van der Waals surface area contributed by atoms with E-state index in [4.69, 9.17) is 5.73 Å². The summed E-state index contributed by atoms with van der Waals surface area (Å²) < 4.78 is 0. The van der Waals surface area contributed by atoms with E-state index in [0.29, 0.717) is 0 Å².